The second-order valence-corrected chi connectivity index (χ2v) is 6.15. The molecule has 1 rings (SSSR count). The van der Waals surface area contributed by atoms with Gasteiger partial charge in [-0.15, -0.1) is 0 Å². The summed E-state index contributed by atoms with van der Waals surface area (Å²) in [6, 6.07) is 5.38. The number of halogens is 2. The van der Waals surface area contributed by atoms with E-state index in [4.69, 9.17) is 27.9 Å². The Morgan fingerprint density at radius 3 is 2.53 bits per heavy atom. The molecule has 0 heterocycles. The summed E-state index contributed by atoms with van der Waals surface area (Å²) in [4.78, 5) is 13.5. The van der Waals surface area contributed by atoms with Crippen LogP contribution < -0.4 is 0 Å². The van der Waals surface area contributed by atoms with Crippen LogP contribution in [0.25, 0.3) is 0 Å². The first kappa shape index (κ1) is 16.3. The fraction of sp³-hybridized carbons (Fsp3) is 0.500. The molecule has 5 heteroatoms. The van der Waals surface area contributed by atoms with Crippen LogP contribution >= 0.6 is 23.2 Å². The SMILES string of the molecule is CN(Cc1cccc(Cl)c1Cl)C(=O)COC(C)(C)C. The van der Waals surface area contributed by atoms with E-state index in [9.17, 15) is 4.79 Å². The van der Waals surface area contributed by atoms with Gasteiger partial charge in [0.2, 0.25) is 5.91 Å². The third-order valence-corrected chi connectivity index (χ3v) is 3.35. The molecule has 0 unspecified atom stereocenters. The highest BCUT2D eigenvalue weighted by molar-refractivity contribution is 6.42. The van der Waals surface area contributed by atoms with Crippen molar-refractivity contribution in [3.63, 3.8) is 0 Å². The monoisotopic (exact) mass is 303 g/mol. The molecule has 0 aliphatic carbocycles. The van der Waals surface area contributed by atoms with E-state index in [2.05, 4.69) is 0 Å². The summed E-state index contributed by atoms with van der Waals surface area (Å²) >= 11 is 12.0. The second-order valence-electron chi connectivity index (χ2n) is 5.36. The number of nitrogens with zero attached hydrogens (tertiary/aromatic N) is 1. The first-order valence-corrected chi connectivity index (χ1v) is 6.77. The molecule has 0 N–H and O–H groups in total. The van der Waals surface area contributed by atoms with Crippen LogP contribution in [0.4, 0.5) is 0 Å². The van der Waals surface area contributed by atoms with Crippen molar-refractivity contribution in [1.29, 1.82) is 0 Å². The highest BCUT2D eigenvalue weighted by Gasteiger charge is 2.16. The lowest BCUT2D eigenvalue weighted by molar-refractivity contribution is -0.140. The lowest BCUT2D eigenvalue weighted by Crippen LogP contribution is -2.33. The summed E-state index contributed by atoms with van der Waals surface area (Å²) in [7, 11) is 1.71. The Morgan fingerprint density at radius 1 is 1.32 bits per heavy atom. The number of rotatable bonds is 4. The quantitative estimate of drug-likeness (QED) is 0.847. The third kappa shape index (κ3) is 5.39. The van der Waals surface area contributed by atoms with Gasteiger partial charge in [0.1, 0.15) is 6.61 Å². The summed E-state index contributed by atoms with van der Waals surface area (Å²) < 4.78 is 5.45. The topological polar surface area (TPSA) is 29.5 Å². The molecule has 1 aromatic carbocycles. The smallest absolute Gasteiger partial charge is 0.248 e. The van der Waals surface area contributed by atoms with Gasteiger partial charge in [0.15, 0.2) is 0 Å². The fourth-order valence-corrected chi connectivity index (χ4v) is 1.78. The van der Waals surface area contributed by atoms with Crippen LogP contribution in [-0.2, 0) is 16.1 Å². The minimum absolute atomic E-state index is 0.0538. The third-order valence-electron chi connectivity index (χ3n) is 2.49. The van der Waals surface area contributed by atoms with Gasteiger partial charge in [0, 0.05) is 13.6 Å². The summed E-state index contributed by atoms with van der Waals surface area (Å²) in [5.41, 5.74) is 0.491. The molecule has 0 aromatic heterocycles. The number of carbonyl (C=O) groups excluding carboxylic acids is 1. The molecule has 0 fully saturated rings. The average molecular weight is 304 g/mol. The number of amides is 1. The number of benzene rings is 1. The molecule has 0 saturated heterocycles. The molecule has 0 spiro atoms. The maximum absolute atomic E-state index is 11.9. The Bertz CT molecular complexity index is 455. The van der Waals surface area contributed by atoms with Gasteiger partial charge in [0.25, 0.3) is 0 Å². The van der Waals surface area contributed by atoms with Crippen molar-refractivity contribution < 1.29 is 9.53 Å². The Kier molecular flexibility index (Phi) is 5.65. The van der Waals surface area contributed by atoms with Crippen molar-refractivity contribution in [3.05, 3.63) is 33.8 Å². The van der Waals surface area contributed by atoms with E-state index in [-0.39, 0.29) is 18.1 Å². The zero-order valence-electron chi connectivity index (χ0n) is 11.7. The van der Waals surface area contributed by atoms with Gasteiger partial charge >= 0.3 is 0 Å². The molecule has 1 aromatic rings. The average Bonchev–Trinajstić information content (AvgIpc) is 2.31. The van der Waals surface area contributed by atoms with Gasteiger partial charge < -0.3 is 9.64 Å². The van der Waals surface area contributed by atoms with Crippen molar-refractivity contribution in [2.24, 2.45) is 0 Å². The Morgan fingerprint density at radius 2 is 1.95 bits per heavy atom. The predicted octanol–water partition coefficient (Wildman–Crippen LogP) is 3.77. The van der Waals surface area contributed by atoms with Crippen molar-refractivity contribution >= 4 is 29.1 Å². The first-order chi connectivity index (χ1) is 8.70. The maximum Gasteiger partial charge on any atom is 0.248 e. The number of ether oxygens (including phenoxy) is 1. The summed E-state index contributed by atoms with van der Waals surface area (Å²) in [5.74, 6) is -0.0917. The number of carbonyl (C=O) groups is 1. The lowest BCUT2D eigenvalue weighted by atomic mass is 10.2. The zero-order chi connectivity index (χ0) is 14.6. The Balaban J connectivity index is 2.62. The molecular formula is C14H19Cl2NO2. The van der Waals surface area contributed by atoms with Crippen LogP contribution in [-0.4, -0.2) is 30.1 Å². The van der Waals surface area contributed by atoms with Crippen molar-refractivity contribution in [2.75, 3.05) is 13.7 Å². The molecule has 19 heavy (non-hydrogen) atoms. The Labute approximate surface area is 124 Å². The van der Waals surface area contributed by atoms with Crippen LogP contribution in [0.5, 0.6) is 0 Å². The zero-order valence-corrected chi connectivity index (χ0v) is 13.2. The number of hydrogen-bond donors (Lipinski definition) is 0. The highest BCUT2D eigenvalue weighted by Crippen LogP contribution is 2.26. The largest absolute Gasteiger partial charge is 0.366 e. The minimum atomic E-state index is -0.329. The van der Waals surface area contributed by atoms with Gasteiger partial charge in [-0.2, -0.15) is 0 Å². The van der Waals surface area contributed by atoms with Crippen molar-refractivity contribution in [1.82, 2.24) is 4.90 Å². The fourth-order valence-electron chi connectivity index (χ4n) is 1.40. The van der Waals surface area contributed by atoms with Gasteiger partial charge in [0.05, 0.1) is 15.6 Å². The number of likely N-dealkylation sites (N-methyl/N-ethyl adjacent to an activating group) is 1. The molecule has 1 amide bonds. The maximum atomic E-state index is 11.9. The van der Waals surface area contributed by atoms with Gasteiger partial charge in [-0.25, -0.2) is 0 Å². The van der Waals surface area contributed by atoms with E-state index < -0.39 is 0 Å². The van der Waals surface area contributed by atoms with Crippen LogP contribution in [0.3, 0.4) is 0 Å². The van der Waals surface area contributed by atoms with E-state index in [1.54, 1.807) is 18.0 Å². The molecule has 0 aliphatic heterocycles. The lowest BCUT2D eigenvalue weighted by Gasteiger charge is -2.23. The van der Waals surface area contributed by atoms with Crippen LogP contribution in [0.1, 0.15) is 26.3 Å². The van der Waals surface area contributed by atoms with Crippen molar-refractivity contribution in [2.45, 2.75) is 32.9 Å². The molecule has 3 nitrogen and oxygen atoms in total. The van der Waals surface area contributed by atoms with E-state index in [1.165, 1.54) is 0 Å². The minimum Gasteiger partial charge on any atom is -0.366 e. The second kappa shape index (κ2) is 6.60. The van der Waals surface area contributed by atoms with E-state index in [1.807, 2.05) is 32.9 Å². The molecule has 106 valence electrons. The van der Waals surface area contributed by atoms with E-state index in [0.717, 1.165) is 5.56 Å². The molecule has 0 saturated carbocycles. The van der Waals surface area contributed by atoms with Crippen molar-refractivity contribution in [3.8, 4) is 0 Å². The highest BCUT2D eigenvalue weighted by atomic mass is 35.5. The first-order valence-electron chi connectivity index (χ1n) is 6.01. The van der Waals surface area contributed by atoms with Crippen LogP contribution in [0, 0.1) is 0 Å². The van der Waals surface area contributed by atoms with Gasteiger partial charge in [-0.1, -0.05) is 35.3 Å². The molecule has 0 atom stereocenters. The van der Waals surface area contributed by atoms with E-state index in [0.29, 0.717) is 16.6 Å². The molecule has 0 aliphatic rings. The normalized spacial score (nSPS) is 11.5. The predicted molar refractivity (Wildman–Crippen MR) is 78.6 cm³/mol. The molecule has 0 radical (unpaired) electrons. The van der Waals surface area contributed by atoms with Gasteiger partial charge in [-0.05, 0) is 32.4 Å². The number of hydrogen-bond acceptors (Lipinski definition) is 2. The summed E-state index contributed by atoms with van der Waals surface area (Å²) in [5, 5.41) is 0.978. The summed E-state index contributed by atoms with van der Waals surface area (Å²) in [6.45, 7) is 6.19. The standard InChI is InChI=1S/C14H19Cl2NO2/c1-14(2,3)19-9-12(18)17(4)8-10-6-5-7-11(15)13(10)16/h5-7H,8-9H2,1-4H3. The van der Waals surface area contributed by atoms with Crippen LogP contribution in [0.2, 0.25) is 10.0 Å². The van der Waals surface area contributed by atoms with E-state index >= 15 is 0 Å². The molecule has 0 bridgehead atoms. The molecular weight excluding hydrogens is 285 g/mol. The summed E-state index contributed by atoms with van der Waals surface area (Å²) in [6.07, 6.45) is 0. The Hall–Kier alpha value is -0.770. The van der Waals surface area contributed by atoms with Gasteiger partial charge in [-0.3, -0.25) is 4.79 Å². The van der Waals surface area contributed by atoms with Crippen LogP contribution in [0.15, 0.2) is 18.2 Å².